The Balaban J connectivity index is 2.11. The van der Waals surface area contributed by atoms with Crippen molar-refractivity contribution < 1.29 is 9.47 Å². The van der Waals surface area contributed by atoms with E-state index in [0.717, 1.165) is 32.5 Å². The van der Waals surface area contributed by atoms with E-state index < -0.39 is 0 Å². The van der Waals surface area contributed by atoms with Crippen LogP contribution in [0.2, 0.25) is 0 Å². The first-order valence-corrected chi connectivity index (χ1v) is 5.75. The maximum absolute atomic E-state index is 5.80. The van der Waals surface area contributed by atoms with Crippen molar-refractivity contribution in [3.05, 3.63) is 11.1 Å². The normalized spacial score (nSPS) is 25.3. The van der Waals surface area contributed by atoms with Crippen molar-refractivity contribution in [3.63, 3.8) is 0 Å². The van der Waals surface area contributed by atoms with Gasteiger partial charge in [-0.2, -0.15) is 0 Å². The SMILES string of the molecule is CCCCC1=C(C)CCC12OCCO2. The molecule has 1 aliphatic carbocycles. The Labute approximate surface area is 86.3 Å². The van der Waals surface area contributed by atoms with E-state index in [9.17, 15) is 0 Å². The minimum atomic E-state index is -0.292. The van der Waals surface area contributed by atoms with E-state index in [1.807, 2.05) is 0 Å². The molecule has 0 unspecified atom stereocenters. The zero-order chi connectivity index (χ0) is 10.0. The van der Waals surface area contributed by atoms with E-state index >= 15 is 0 Å². The first kappa shape index (κ1) is 10.2. The smallest absolute Gasteiger partial charge is 0.191 e. The van der Waals surface area contributed by atoms with Crippen LogP contribution >= 0.6 is 0 Å². The Bertz CT molecular complexity index is 237. The minimum Gasteiger partial charge on any atom is -0.344 e. The summed E-state index contributed by atoms with van der Waals surface area (Å²) in [6.07, 6.45) is 5.84. The lowest BCUT2D eigenvalue weighted by molar-refractivity contribution is -0.125. The molecule has 1 saturated heterocycles. The Kier molecular flexibility index (Phi) is 2.93. The molecule has 0 atom stereocenters. The number of allylic oxidation sites excluding steroid dienone is 1. The molecule has 0 bridgehead atoms. The predicted molar refractivity (Wildman–Crippen MR) is 56.1 cm³/mol. The second-order valence-electron chi connectivity index (χ2n) is 4.31. The van der Waals surface area contributed by atoms with E-state index in [1.165, 1.54) is 24.0 Å². The molecule has 1 aliphatic heterocycles. The molecule has 0 saturated carbocycles. The molecule has 0 radical (unpaired) electrons. The van der Waals surface area contributed by atoms with E-state index in [-0.39, 0.29) is 5.79 Å². The number of hydrogen-bond acceptors (Lipinski definition) is 2. The number of hydrogen-bond donors (Lipinski definition) is 0. The molecule has 0 aromatic heterocycles. The van der Waals surface area contributed by atoms with E-state index in [4.69, 9.17) is 9.47 Å². The van der Waals surface area contributed by atoms with Gasteiger partial charge in [-0.15, -0.1) is 0 Å². The largest absolute Gasteiger partial charge is 0.344 e. The van der Waals surface area contributed by atoms with Crippen LogP contribution in [0.3, 0.4) is 0 Å². The monoisotopic (exact) mass is 196 g/mol. The first-order valence-electron chi connectivity index (χ1n) is 5.75. The van der Waals surface area contributed by atoms with Crippen LogP contribution in [-0.2, 0) is 9.47 Å². The van der Waals surface area contributed by atoms with Crippen molar-refractivity contribution in [2.45, 2.75) is 51.7 Å². The fourth-order valence-corrected chi connectivity index (χ4v) is 2.51. The Hall–Kier alpha value is -0.340. The third-order valence-corrected chi connectivity index (χ3v) is 3.34. The summed E-state index contributed by atoms with van der Waals surface area (Å²) in [5.74, 6) is -0.292. The predicted octanol–water partition coefficient (Wildman–Crippen LogP) is 3.03. The van der Waals surface area contributed by atoms with Crippen LogP contribution in [0.15, 0.2) is 11.1 Å². The third kappa shape index (κ3) is 1.61. The van der Waals surface area contributed by atoms with Gasteiger partial charge in [-0.1, -0.05) is 18.9 Å². The summed E-state index contributed by atoms with van der Waals surface area (Å²) >= 11 is 0. The quantitative estimate of drug-likeness (QED) is 0.646. The van der Waals surface area contributed by atoms with Crippen LogP contribution in [0.25, 0.3) is 0 Å². The summed E-state index contributed by atoms with van der Waals surface area (Å²) < 4.78 is 11.6. The second-order valence-corrected chi connectivity index (χ2v) is 4.31. The topological polar surface area (TPSA) is 18.5 Å². The maximum Gasteiger partial charge on any atom is 0.191 e. The van der Waals surface area contributed by atoms with Crippen LogP contribution in [0.4, 0.5) is 0 Å². The summed E-state index contributed by atoms with van der Waals surface area (Å²) in [7, 11) is 0. The number of unbranched alkanes of at least 4 members (excludes halogenated alkanes) is 1. The Morgan fingerprint density at radius 2 is 2.00 bits per heavy atom. The highest BCUT2D eigenvalue weighted by Gasteiger charge is 2.44. The van der Waals surface area contributed by atoms with E-state index in [1.54, 1.807) is 0 Å². The highest BCUT2D eigenvalue weighted by molar-refractivity contribution is 5.27. The lowest BCUT2D eigenvalue weighted by Gasteiger charge is -2.25. The van der Waals surface area contributed by atoms with Crippen molar-refractivity contribution in [2.24, 2.45) is 0 Å². The van der Waals surface area contributed by atoms with Crippen molar-refractivity contribution in [3.8, 4) is 0 Å². The van der Waals surface area contributed by atoms with Crippen LogP contribution in [0.1, 0.15) is 46.0 Å². The van der Waals surface area contributed by atoms with Gasteiger partial charge < -0.3 is 9.47 Å². The van der Waals surface area contributed by atoms with Crippen LogP contribution < -0.4 is 0 Å². The fourth-order valence-electron chi connectivity index (χ4n) is 2.51. The Morgan fingerprint density at radius 3 is 2.64 bits per heavy atom. The molecular formula is C12H20O2. The van der Waals surface area contributed by atoms with Gasteiger partial charge in [0.15, 0.2) is 5.79 Å². The lowest BCUT2D eigenvalue weighted by Crippen LogP contribution is -2.29. The van der Waals surface area contributed by atoms with Gasteiger partial charge in [0.25, 0.3) is 0 Å². The van der Waals surface area contributed by atoms with Crippen molar-refractivity contribution in [1.82, 2.24) is 0 Å². The molecule has 2 aliphatic rings. The summed E-state index contributed by atoms with van der Waals surface area (Å²) in [5, 5.41) is 0. The molecule has 1 spiro atoms. The Morgan fingerprint density at radius 1 is 1.29 bits per heavy atom. The third-order valence-electron chi connectivity index (χ3n) is 3.34. The molecule has 0 aromatic rings. The average molecular weight is 196 g/mol. The summed E-state index contributed by atoms with van der Waals surface area (Å²) in [4.78, 5) is 0. The van der Waals surface area contributed by atoms with Crippen molar-refractivity contribution >= 4 is 0 Å². The maximum atomic E-state index is 5.80. The molecule has 1 fully saturated rings. The van der Waals surface area contributed by atoms with Gasteiger partial charge in [0.05, 0.1) is 13.2 Å². The molecule has 14 heavy (non-hydrogen) atoms. The average Bonchev–Trinajstić information content (AvgIpc) is 2.75. The molecule has 0 aromatic carbocycles. The van der Waals surface area contributed by atoms with Gasteiger partial charge in [-0.3, -0.25) is 0 Å². The fraction of sp³-hybridized carbons (Fsp3) is 0.833. The second kappa shape index (κ2) is 4.03. The van der Waals surface area contributed by atoms with Gasteiger partial charge in [-0.25, -0.2) is 0 Å². The standard InChI is InChI=1S/C12H20O2/c1-3-4-5-11-10(2)6-7-12(11)13-8-9-14-12/h3-9H2,1-2H3. The molecule has 2 rings (SSSR count). The summed E-state index contributed by atoms with van der Waals surface area (Å²) in [6.45, 7) is 5.99. The van der Waals surface area contributed by atoms with Crippen molar-refractivity contribution in [2.75, 3.05) is 13.2 Å². The zero-order valence-electron chi connectivity index (χ0n) is 9.27. The molecule has 0 N–H and O–H groups in total. The highest BCUT2D eigenvalue weighted by atomic mass is 16.7. The minimum absolute atomic E-state index is 0.292. The van der Waals surface area contributed by atoms with Gasteiger partial charge in [0, 0.05) is 6.42 Å². The van der Waals surface area contributed by atoms with Crippen LogP contribution in [0, 0.1) is 0 Å². The van der Waals surface area contributed by atoms with Gasteiger partial charge in [-0.05, 0) is 31.8 Å². The zero-order valence-corrected chi connectivity index (χ0v) is 9.27. The van der Waals surface area contributed by atoms with Gasteiger partial charge >= 0.3 is 0 Å². The van der Waals surface area contributed by atoms with E-state index in [0.29, 0.717) is 0 Å². The number of rotatable bonds is 3. The van der Waals surface area contributed by atoms with Crippen LogP contribution in [-0.4, -0.2) is 19.0 Å². The first-order chi connectivity index (χ1) is 6.78. The number of ether oxygens (including phenoxy) is 2. The molecular weight excluding hydrogens is 176 g/mol. The van der Waals surface area contributed by atoms with E-state index in [2.05, 4.69) is 13.8 Å². The summed E-state index contributed by atoms with van der Waals surface area (Å²) in [6, 6.07) is 0. The molecule has 1 heterocycles. The summed E-state index contributed by atoms with van der Waals surface area (Å²) in [5.41, 5.74) is 2.94. The van der Waals surface area contributed by atoms with Gasteiger partial charge in [0.1, 0.15) is 0 Å². The highest BCUT2D eigenvalue weighted by Crippen LogP contribution is 2.43. The molecule has 80 valence electrons. The lowest BCUT2D eigenvalue weighted by atomic mass is 10.0. The van der Waals surface area contributed by atoms with Crippen LogP contribution in [0.5, 0.6) is 0 Å². The molecule has 0 amide bonds. The van der Waals surface area contributed by atoms with Crippen molar-refractivity contribution in [1.29, 1.82) is 0 Å². The molecule has 2 heteroatoms. The molecule has 2 nitrogen and oxygen atoms in total. The van der Waals surface area contributed by atoms with Gasteiger partial charge in [0.2, 0.25) is 0 Å².